The SMILES string of the molecule is CC(C=C(N)C(=O)N1CCCC(c2cc(C)nc3ncnn23)C1)=Nc1ccc(C(C)C)cc1. The molecule has 0 bridgehead atoms. The van der Waals surface area contributed by atoms with Gasteiger partial charge in [-0.05, 0) is 62.4 Å². The monoisotopic (exact) mass is 445 g/mol. The summed E-state index contributed by atoms with van der Waals surface area (Å²) in [5.41, 5.74) is 11.1. The van der Waals surface area contributed by atoms with Crippen molar-refractivity contribution in [3.63, 3.8) is 0 Å². The highest BCUT2D eigenvalue weighted by atomic mass is 16.2. The fourth-order valence-corrected chi connectivity index (χ4v) is 4.29. The summed E-state index contributed by atoms with van der Waals surface area (Å²) in [5, 5.41) is 4.32. The summed E-state index contributed by atoms with van der Waals surface area (Å²) < 4.78 is 1.77. The molecule has 0 saturated carbocycles. The van der Waals surface area contributed by atoms with E-state index in [0.29, 0.717) is 30.5 Å². The number of piperidine rings is 1. The van der Waals surface area contributed by atoms with E-state index in [1.807, 2.05) is 36.9 Å². The lowest BCUT2D eigenvalue weighted by atomic mass is 9.94. The van der Waals surface area contributed by atoms with Crippen molar-refractivity contribution in [3.05, 3.63) is 65.4 Å². The summed E-state index contributed by atoms with van der Waals surface area (Å²) in [6.07, 6.45) is 5.04. The van der Waals surface area contributed by atoms with E-state index < -0.39 is 0 Å². The molecule has 0 spiro atoms. The van der Waals surface area contributed by atoms with Gasteiger partial charge in [-0.3, -0.25) is 9.79 Å². The number of hydrogen-bond donors (Lipinski definition) is 1. The molecule has 3 aromatic rings. The van der Waals surface area contributed by atoms with Crippen LogP contribution in [-0.2, 0) is 4.79 Å². The molecule has 1 amide bonds. The minimum atomic E-state index is -0.162. The highest BCUT2D eigenvalue weighted by molar-refractivity contribution is 6.03. The van der Waals surface area contributed by atoms with Crippen LogP contribution in [0.25, 0.3) is 5.78 Å². The van der Waals surface area contributed by atoms with Crippen LogP contribution in [0.5, 0.6) is 0 Å². The molecule has 3 heterocycles. The number of aliphatic imine (C=N–C) groups is 1. The van der Waals surface area contributed by atoms with Crippen LogP contribution in [0.15, 0.2) is 53.4 Å². The number of carbonyl (C=O) groups excluding carboxylic acids is 1. The van der Waals surface area contributed by atoms with Gasteiger partial charge in [0, 0.05) is 30.4 Å². The summed E-state index contributed by atoms with van der Waals surface area (Å²) in [7, 11) is 0. The van der Waals surface area contributed by atoms with Crippen LogP contribution in [0.2, 0.25) is 0 Å². The van der Waals surface area contributed by atoms with Gasteiger partial charge in [-0.25, -0.2) is 9.50 Å². The Morgan fingerprint density at radius 2 is 2.03 bits per heavy atom. The third-order valence-electron chi connectivity index (χ3n) is 6.01. The van der Waals surface area contributed by atoms with Gasteiger partial charge in [0.1, 0.15) is 6.33 Å². The second kappa shape index (κ2) is 9.52. The smallest absolute Gasteiger partial charge is 0.269 e. The fourth-order valence-electron chi connectivity index (χ4n) is 4.29. The average molecular weight is 446 g/mol. The molecule has 1 saturated heterocycles. The zero-order valence-corrected chi connectivity index (χ0v) is 19.7. The van der Waals surface area contributed by atoms with E-state index in [-0.39, 0.29) is 17.5 Å². The largest absolute Gasteiger partial charge is 0.394 e. The molecule has 1 atom stereocenters. The Kier molecular flexibility index (Phi) is 6.53. The molecule has 1 unspecified atom stereocenters. The number of carbonyl (C=O) groups is 1. The van der Waals surface area contributed by atoms with E-state index in [1.54, 1.807) is 10.6 Å². The van der Waals surface area contributed by atoms with Crippen LogP contribution in [0, 0.1) is 6.92 Å². The van der Waals surface area contributed by atoms with Crippen molar-refractivity contribution < 1.29 is 4.79 Å². The average Bonchev–Trinajstić information content (AvgIpc) is 3.26. The van der Waals surface area contributed by atoms with E-state index in [1.165, 1.54) is 11.9 Å². The Morgan fingerprint density at radius 3 is 2.76 bits per heavy atom. The zero-order chi connectivity index (χ0) is 23.5. The van der Waals surface area contributed by atoms with Gasteiger partial charge in [0.2, 0.25) is 0 Å². The highest BCUT2D eigenvalue weighted by Gasteiger charge is 2.28. The predicted octanol–water partition coefficient (Wildman–Crippen LogP) is 3.90. The number of amides is 1. The summed E-state index contributed by atoms with van der Waals surface area (Å²) >= 11 is 0. The standard InChI is InChI=1S/C25H31N7O/c1-16(2)19-7-9-21(10-8-19)29-17(3)12-22(26)24(33)31-11-5-6-20(14-31)23-13-18(4)30-25-27-15-28-32(23)25/h7-10,12-13,15-16,20H,5-6,11,14,26H2,1-4H3. The number of rotatable bonds is 5. The van der Waals surface area contributed by atoms with Gasteiger partial charge in [-0.15, -0.1) is 0 Å². The first kappa shape index (κ1) is 22.6. The molecule has 1 aromatic carbocycles. The summed E-state index contributed by atoms with van der Waals surface area (Å²) in [6, 6.07) is 10.2. The molecule has 1 aliphatic heterocycles. The van der Waals surface area contributed by atoms with Crippen LogP contribution in [-0.4, -0.2) is 49.2 Å². The number of allylic oxidation sites excluding steroid dienone is 1. The maximum Gasteiger partial charge on any atom is 0.269 e. The van der Waals surface area contributed by atoms with Crippen molar-refractivity contribution in [1.29, 1.82) is 0 Å². The number of nitrogens with two attached hydrogens (primary N) is 1. The summed E-state index contributed by atoms with van der Waals surface area (Å²) in [4.78, 5) is 28.1. The van der Waals surface area contributed by atoms with Gasteiger partial charge in [0.25, 0.3) is 11.7 Å². The zero-order valence-electron chi connectivity index (χ0n) is 19.7. The Labute approximate surface area is 194 Å². The van der Waals surface area contributed by atoms with Gasteiger partial charge in [-0.1, -0.05) is 26.0 Å². The van der Waals surface area contributed by atoms with Crippen molar-refractivity contribution in [2.24, 2.45) is 10.7 Å². The third-order valence-corrected chi connectivity index (χ3v) is 6.01. The van der Waals surface area contributed by atoms with E-state index in [4.69, 9.17) is 5.73 Å². The number of benzene rings is 1. The number of likely N-dealkylation sites (tertiary alicyclic amines) is 1. The number of aromatic nitrogens is 4. The maximum atomic E-state index is 13.1. The molecule has 2 N–H and O–H groups in total. The maximum absolute atomic E-state index is 13.1. The molecule has 0 aliphatic carbocycles. The van der Waals surface area contributed by atoms with Crippen LogP contribution >= 0.6 is 0 Å². The van der Waals surface area contributed by atoms with Crippen molar-refractivity contribution >= 4 is 23.1 Å². The van der Waals surface area contributed by atoms with E-state index in [0.717, 1.165) is 29.9 Å². The lowest BCUT2D eigenvalue weighted by molar-refractivity contribution is -0.128. The van der Waals surface area contributed by atoms with E-state index >= 15 is 0 Å². The normalized spacial score (nSPS) is 17.7. The molecule has 1 aliphatic rings. The highest BCUT2D eigenvalue weighted by Crippen LogP contribution is 2.28. The molecule has 172 valence electrons. The minimum Gasteiger partial charge on any atom is -0.394 e. The first-order chi connectivity index (χ1) is 15.8. The molecule has 0 radical (unpaired) electrons. The molecule has 33 heavy (non-hydrogen) atoms. The molecule has 8 nitrogen and oxygen atoms in total. The number of aryl methyl sites for hydroxylation is 1. The van der Waals surface area contributed by atoms with Crippen LogP contribution in [0.4, 0.5) is 5.69 Å². The van der Waals surface area contributed by atoms with Gasteiger partial charge < -0.3 is 10.6 Å². The Morgan fingerprint density at radius 1 is 1.27 bits per heavy atom. The molecule has 2 aromatic heterocycles. The molecular weight excluding hydrogens is 414 g/mol. The van der Waals surface area contributed by atoms with Crippen molar-refractivity contribution in [3.8, 4) is 0 Å². The van der Waals surface area contributed by atoms with Crippen LogP contribution in [0.1, 0.15) is 62.4 Å². The summed E-state index contributed by atoms with van der Waals surface area (Å²) in [5.74, 6) is 1.05. The molecular formula is C25H31N7O. The third kappa shape index (κ3) is 5.10. The van der Waals surface area contributed by atoms with Crippen molar-refractivity contribution in [2.75, 3.05) is 13.1 Å². The van der Waals surface area contributed by atoms with Gasteiger partial charge in [-0.2, -0.15) is 10.1 Å². The number of nitrogens with zero attached hydrogens (tertiary/aromatic N) is 6. The van der Waals surface area contributed by atoms with Crippen molar-refractivity contribution in [1.82, 2.24) is 24.5 Å². The second-order valence-corrected chi connectivity index (χ2v) is 8.98. The van der Waals surface area contributed by atoms with Crippen LogP contribution in [0.3, 0.4) is 0 Å². The molecule has 1 fully saturated rings. The van der Waals surface area contributed by atoms with E-state index in [9.17, 15) is 4.79 Å². The van der Waals surface area contributed by atoms with E-state index in [2.05, 4.69) is 46.0 Å². The lowest BCUT2D eigenvalue weighted by Gasteiger charge is -2.33. The molecule has 8 heteroatoms. The fraction of sp³-hybridized carbons (Fsp3) is 0.400. The minimum absolute atomic E-state index is 0.149. The van der Waals surface area contributed by atoms with Gasteiger partial charge >= 0.3 is 0 Å². The van der Waals surface area contributed by atoms with Gasteiger partial charge in [0.05, 0.1) is 17.1 Å². The number of fused-ring (bicyclic) bond motifs is 1. The Bertz CT molecular complexity index is 1210. The first-order valence-corrected chi connectivity index (χ1v) is 11.4. The Balaban J connectivity index is 1.48. The predicted molar refractivity (Wildman–Crippen MR) is 130 cm³/mol. The lowest BCUT2D eigenvalue weighted by Crippen LogP contribution is -2.41. The first-order valence-electron chi connectivity index (χ1n) is 11.4. The number of hydrogen-bond acceptors (Lipinski definition) is 6. The quantitative estimate of drug-likeness (QED) is 0.474. The van der Waals surface area contributed by atoms with Crippen molar-refractivity contribution in [2.45, 2.75) is 52.4 Å². The van der Waals surface area contributed by atoms with Crippen LogP contribution < -0.4 is 5.73 Å². The Hall–Kier alpha value is -3.55. The van der Waals surface area contributed by atoms with Gasteiger partial charge in [0.15, 0.2) is 0 Å². The second-order valence-electron chi connectivity index (χ2n) is 8.98. The molecule has 4 rings (SSSR count). The topological polar surface area (TPSA) is 102 Å². The summed E-state index contributed by atoms with van der Waals surface area (Å²) in [6.45, 7) is 9.39.